The molecular formula is C16H19BrN2. The number of pyridine rings is 1. The fourth-order valence-corrected chi connectivity index (χ4v) is 3.49. The predicted octanol–water partition coefficient (Wildman–Crippen LogP) is 3.98. The average Bonchev–Trinajstić information content (AvgIpc) is 2.86. The summed E-state index contributed by atoms with van der Waals surface area (Å²) in [7, 11) is 0. The summed E-state index contributed by atoms with van der Waals surface area (Å²) in [5.74, 6) is 0. The van der Waals surface area contributed by atoms with Gasteiger partial charge < -0.3 is 0 Å². The van der Waals surface area contributed by atoms with Gasteiger partial charge in [-0.15, -0.1) is 0 Å². The van der Waals surface area contributed by atoms with Gasteiger partial charge in [0.05, 0.1) is 11.2 Å². The molecule has 0 amide bonds. The van der Waals surface area contributed by atoms with Crippen LogP contribution >= 0.6 is 15.9 Å². The zero-order chi connectivity index (χ0) is 13.1. The van der Waals surface area contributed by atoms with Gasteiger partial charge in [-0.3, -0.25) is 9.88 Å². The highest BCUT2D eigenvalue weighted by Crippen LogP contribution is 2.23. The molecule has 1 aliphatic rings. The van der Waals surface area contributed by atoms with Crippen molar-refractivity contribution in [2.24, 2.45) is 0 Å². The van der Waals surface area contributed by atoms with E-state index in [9.17, 15) is 0 Å². The third-order valence-electron chi connectivity index (χ3n) is 3.96. The summed E-state index contributed by atoms with van der Waals surface area (Å²) in [5.41, 5.74) is 2.30. The van der Waals surface area contributed by atoms with Gasteiger partial charge in [-0.2, -0.15) is 0 Å². The number of hydrogen-bond donors (Lipinski definition) is 0. The Bertz CT molecular complexity index is 555. The highest BCUT2D eigenvalue weighted by atomic mass is 79.9. The fraction of sp³-hybridized carbons (Fsp3) is 0.438. The normalized spacial score (nSPS) is 20.2. The Hall–Kier alpha value is -0.930. The molecule has 1 unspecified atom stereocenters. The molecule has 0 aliphatic carbocycles. The van der Waals surface area contributed by atoms with Crippen molar-refractivity contribution in [1.29, 1.82) is 0 Å². The van der Waals surface area contributed by atoms with Gasteiger partial charge >= 0.3 is 0 Å². The third kappa shape index (κ3) is 2.98. The molecule has 1 aromatic carbocycles. The Balaban J connectivity index is 1.77. The molecule has 0 N–H and O–H groups in total. The number of alkyl halides is 1. The van der Waals surface area contributed by atoms with Crippen molar-refractivity contribution < 1.29 is 0 Å². The van der Waals surface area contributed by atoms with Gasteiger partial charge in [0.15, 0.2) is 0 Å². The molecule has 2 aromatic rings. The van der Waals surface area contributed by atoms with E-state index in [4.69, 9.17) is 4.98 Å². The van der Waals surface area contributed by atoms with Crippen molar-refractivity contribution in [3.05, 3.63) is 42.1 Å². The topological polar surface area (TPSA) is 16.1 Å². The highest BCUT2D eigenvalue weighted by Gasteiger charge is 2.23. The Kier molecular flexibility index (Phi) is 4.14. The number of fused-ring (bicyclic) bond motifs is 1. The van der Waals surface area contributed by atoms with Crippen molar-refractivity contribution in [2.45, 2.75) is 31.8 Å². The lowest BCUT2D eigenvalue weighted by Crippen LogP contribution is -2.29. The molecule has 1 saturated heterocycles. The van der Waals surface area contributed by atoms with Crippen LogP contribution in [0.3, 0.4) is 0 Å². The summed E-state index contributed by atoms with van der Waals surface area (Å²) >= 11 is 3.56. The van der Waals surface area contributed by atoms with Gasteiger partial charge in [-0.05, 0) is 37.9 Å². The van der Waals surface area contributed by atoms with Crippen LogP contribution in [0, 0.1) is 0 Å². The van der Waals surface area contributed by atoms with Crippen LogP contribution in [0.25, 0.3) is 10.9 Å². The van der Waals surface area contributed by atoms with Crippen LogP contribution < -0.4 is 0 Å². The lowest BCUT2D eigenvalue weighted by atomic mass is 10.1. The monoisotopic (exact) mass is 318 g/mol. The van der Waals surface area contributed by atoms with Crippen LogP contribution in [0.15, 0.2) is 36.4 Å². The quantitative estimate of drug-likeness (QED) is 0.792. The third-order valence-corrected chi connectivity index (χ3v) is 4.42. The van der Waals surface area contributed by atoms with Gasteiger partial charge in [-0.1, -0.05) is 40.2 Å². The Morgan fingerprint density at radius 1 is 1.21 bits per heavy atom. The second-order valence-electron chi connectivity index (χ2n) is 5.24. The average molecular weight is 319 g/mol. The number of nitrogens with zero attached hydrogens (tertiary/aromatic N) is 2. The van der Waals surface area contributed by atoms with Crippen molar-refractivity contribution in [2.75, 3.05) is 11.9 Å². The maximum atomic E-state index is 4.78. The van der Waals surface area contributed by atoms with Crippen LogP contribution in [0.4, 0.5) is 0 Å². The lowest BCUT2D eigenvalue weighted by Gasteiger charge is -2.23. The minimum atomic E-state index is 0.729. The summed E-state index contributed by atoms with van der Waals surface area (Å²) in [6.07, 6.45) is 3.90. The predicted molar refractivity (Wildman–Crippen MR) is 83.6 cm³/mol. The second kappa shape index (κ2) is 6.02. The van der Waals surface area contributed by atoms with Gasteiger partial charge in [0.25, 0.3) is 0 Å². The summed E-state index contributed by atoms with van der Waals surface area (Å²) in [6, 6.07) is 13.4. The van der Waals surface area contributed by atoms with Crippen LogP contribution in [0.2, 0.25) is 0 Å². The van der Waals surface area contributed by atoms with Crippen molar-refractivity contribution in [1.82, 2.24) is 9.88 Å². The molecule has 3 heteroatoms. The van der Waals surface area contributed by atoms with Crippen molar-refractivity contribution in [3.8, 4) is 0 Å². The Morgan fingerprint density at radius 2 is 2.11 bits per heavy atom. The SMILES string of the molecule is BrCCC1CCCN1Cc1ccc2ccccc2n1. The number of benzene rings is 1. The largest absolute Gasteiger partial charge is 0.295 e. The first-order valence-electron chi connectivity index (χ1n) is 7.01. The summed E-state index contributed by atoms with van der Waals surface area (Å²) in [4.78, 5) is 7.36. The summed E-state index contributed by atoms with van der Waals surface area (Å²) in [5, 5.41) is 2.32. The summed E-state index contributed by atoms with van der Waals surface area (Å²) in [6.45, 7) is 2.20. The molecule has 1 atom stereocenters. The van der Waals surface area contributed by atoms with Gasteiger partial charge in [0.2, 0.25) is 0 Å². The maximum Gasteiger partial charge on any atom is 0.0705 e. The minimum Gasteiger partial charge on any atom is -0.295 e. The van der Waals surface area contributed by atoms with Gasteiger partial charge in [0, 0.05) is 23.3 Å². The molecule has 0 saturated carbocycles. The molecule has 0 bridgehead atoms. The molecule has 3 rings (SSSR count). The van der Waals surface area contributed by atoms with Gasteiger partial charge in [0.1, 0.15) is 0 Å². The number of para-hydroxylation sites is 1. The van der Waals surface area contributed by atoms with E-state index in [-0.39, 0.29) is 0 Å². The van der Waals surface area contributed by atoms with Crippen LogP contribution in [-0.2, 0) is 6.54 Å². The second-order valence-corrected chi connectivity index (χ2v) is 6.03. The molecular weight excluding hydrogens is 300 g/mol. The van der Waals surface area contributed by atoms with Crippen molar-refractivity contribution in [3.63, 3.8) is 0 Å². The maximum absolute atomic E-state index is 4.78. The zero-order valence-corrected chi connectivity index (χ0v) is 12.6. The number of aromatic nitrogens is 1. The first kappa shape index (κ1) is 13.1. The first-order valence-corrected chi connectivity index (χ1v) is 8.13. The van der Waals surface area contributed by atoms with E-state index in [1.807, 2.05) is 0 Å². The summed E-state index contributed by atoms with van der Waals surface area (Å²) < 4.78 is 0. The number of hydrogen-bond acceptors (Lipinski definition) is 2. The fourth-order valence-electron chi connectivity index (χ4n) is 2.96. The molecule has 0 spiro atoms. The molecule has 2 nitrogen and oxygen atoms in total. The van der Waals surface area contributed by atoms with Crippen LogP contribution in [0.5, 0.6) is 0 Å². The molecule has 19 heavy (non-hydrogen) atoms. The first-order chi connectivity index (χ1) is 9.36. The molecule has 1 aliphatic heterocycles. The Labute approximate surface area is 123 Å². The van der Waals surface area contributed by atoms with Crippen molar-refractivity contribution >= 4 is 26.8 Å². The van der Waals surface area contributed by atoms with Gasteiger partial charge in [-0.25, -0.2) is 0 Å². The molecule has 1 aromatic heterocycles. The van der Waals surface area contributed by atoms with Crippen LogP contribution in [0.1, 0.15) is 25.0 Å². The molecule has 2 heterocycles. The molecule has 1 fully saturated rings. The van der Waals surface area contributed by atoms with E-state index in [0.29, 0.717) is 0 Å². The lowest BCUT2D eigenvalue weighted by molar-refractivity contribution is 0.239. The van der Waals surface area contributed by atoms with E-state index in [1.165, 1.54) is 36.9 Å². The van der Waals surface area contributed by atoms with E-state index >= 15 is 0 Å². The molecule has 100 valence electrons. The zero-order valence-electron chi connectivity index (χ0n) is 11.1. The standard InChI is InChI=1S/C16H19BrN2/c17-10-9-15-5-3-11-19(15)12-14-8-7-13-4-1-2-6-16(13)18-14/h1-2,4,6-8,15H,3,5,9-12H2. The Morgan fingerprint density at radius 3 is 3.00 bits per heavy atom. The minimum absolute atomic E-state index is 0.729. The number of rotatable bonds is 4. The highest BCUT2D eigenvalue weighted by molar-refractivity contribution is 9.09. The van der Waals surface area contributed by atoms with Crippen LogP contribution in [-0.4, -0.2) is 27.8 Å². The molecule has 0 radical (unpaired) electrons. The van der Waals surface area contributed by atoms with E-state index < -0.39 is 0 Å². The van der Waals surface area contributed by atoms with E-state index in [1.54, 1.807) is 0 Å². The smallest absolute Gasteiger partial charge is 0.0705 e. The van der Waals surface area contributed by atoms with E-state index in [0.717, 1.165) is 23.4 Å². The number of halogens is 1. The van der Waals surface area contributed by atoms with E-state index in [2.05, 4.69) is 57.2 Å². The number of likely N-dealkylation sites (tertiary alicyclic amines) is 1.